The summed E-state index contributed by atoms with van der Waals surface area (Å²) >= 11 is 0. The maximum atomic E-state index is 10.3. The number of carbonyl (C=O) groups excluding carboxylic acids is 1. The fraction of sp³-hybridized carbons (Fsp3) is 0.333. The molecular weight excluding hydrogens is 177 g/mol. The summed E-state index contributed by atoms with van der Waals surface area (Å²) in [5.74, 6) is -0.862. The second-order valence-electron chi connectivity index (χ2n) is 2.92. The van der Waals surface area contributed by atoms with E-state index in [0.717, 1.165) is 5.56 Å². The van der Waals surface area contributed by atoms with E-state index in [4.69, 9.17) is 0 Å². The molecule has 13 heavy (non-hydrogen) atoms. The van der Waals surface area contributed by atoms with Gasteiger partial charge in [0.25, 0.3) is 0 Å². The minimum Gasteiger partial charge on any atom is -0.543 e. The van der Waals surface area contributed by atoms with Crippen molar-refractivity contribution in [3.8, 4) is 0 Å². The Bertz CT molecular complexity index is 282. The molecule has 0 fully saturated rings. The molecule has 4 heteroatoms. The van der Waals surface area contributed by atoms with Crippen molar-refractivity contribution < 1.29 is 39.5 Å². The second kappa shape index (κ2) is 5.37. The number of pyridine rings is 1. The normalized spacial score (nSPS) is 9.46. The minimum atomic E-state index is -1.23. The van der Waals surface area contributed by atoms with Crippen molar-refractivity contribution in [3.05, 3.63) is 29.6 Å². The maximum absolute atomic E-state index is 10.3. The molecule has 0 aliphatic rings. The molecule has 0 radical (unpaired) electrons. The molecule has 0 bridgehead atoms. The molecule has 1 aromatic heterocycles. The van der Waals surface area contributed by atoms with E-state index in [0.29, 0.717) is 5.92 Å². The molecule has 0 amide bonds. The zero-order valence-electron chi connectivity index (χ0n) is 8.07. The van der Waals surface area contributed by atoms with E-state index in [1.165, 1.54) is 6.07 Å². The molecule has 0 aromatic carbocycles. The molecule has 0 atom stereocenters. The predicted molar refractivity (Wildman–Crippen MR) is 42.7 cm³/mol. The summed E-state index contributed by atoms with van der Waals surface area (Å²) < 4.78 is 0. The standard InChI is InChI=1S/C9H11NO2.Na/c1-6(2)7-3-4-8(9(11)12)10-5-7;/h3-6H,1-2H3,(H,11,12);/q;+1/p-1. The van der Waals surface area contributed by atoms with E-state index in [-0.39, 0.29) is 35.3 Å². The summed E-state index contributed by atoms with van der Waals surface area (Å²) in [4.78, 5) is 14.0. The van der Waals surface area contributed by atoms with Gasteiger partial charge in [-0.25, -0.2) is 0 Å². The smallest absolute Gasteiger partial charge is 0.543 e. The van der Waals surface area contributed by atoms with Crippen LogP contribution in [0.1, 0.15) is 35.8 Å². The fourth-order valence-electron chi connectivity index (χ4n) is 0.868. The Kier molecular flexibility index (Phi) is 5.21. The van der Waals surface area contributed by atoms with Crippen LogP contribution in [0.15, 0.2) is 18.3 Å². The van der Waals surface area contributed by atoms with Gasteiger partial charge in [0.15, 0.2) is 0 Å². The van der Waals surface area contributed by atoms with Crippen molar-refractivity contribution in [2.24, 2.45) is 0 Å². The summed E-state index contributed by atoms with van der Waals surface area (Å²) in [5, 5.41) is 10.3. The Labute approximate surface area is 99.5 Å². The molecule has 1 rings (SSSR count). The van der Waals surface area contributed by atoms with Crippen LogP contribution in [0.5, 0.6) is 0 Å². The van der Waals surface area contributed by atoms with Crippen LogP contribution < -0.4 is 34.7 Å². The average molecular weight is 187 g/mol. The number of hydrogen-bond donors (Lipinski definition) is 0. The van der Waals surface area contributed by atoms with Gasteiger partial charge in [-0.05, 0) is 17.5 Å². The van der Waals surface area contributed by atoms with Crippen molar-refractivity contribution in [2.75, 3.05) is 0 Å². The summed E-state index contributed by atoms with van der Waals surface area (Å²) in [5.41, 5.74) is 1.01. The van der Waals surface area contributed by atoms with Crippen LogP contribution in [0.2, 0.25) is 0 Å². The van der Waals surface area contributed by atoms with E-state index < -0.39 is 5.97 Å². The zero-order chi connectivity index (χ0) is 9.14. The number of hydrogen-bond acceptors (Lipinski definition) is 3. The number of aromatic carboxylic acids is 1. The van der Waals surface area contributed by atoms with Crippen LogP contribution in [-0.4, -0.2) is 11.0 Å². The van der Waals surface area contributed by atoms with Gasteiger partial charge >= 0.3 is 29.6 Å². The van der Waals surface area contributed by atoms with Crippen LogP contribution in [0, 0.1) is 0 Å². The third-order valence-corrected chi connectivity index (χ3v) is 1.66. The molecular formula is C9H10NNaO2. The van der Waals surface area contributed by atoms with Crippen molar-refractivity contribution in [1.29, 1.82) is 0 Å². The molecule has 0 saturated heterocycles. The molecule has 1 aromatic rings. The van der Waals surface area contributed by atoms with E-state index >= 15 is 0 Å². The third-order valence-electron chi connectivity index (χ3n) is 1.66. The Balaban J connectivity index is 0.00000144. The Morgan fingerprint density at radius 1 is 1.46 bits per heavy atom. The fourth-order valence-corrected chi connectivity index (χ4v) is 0.868. The van der Waals surface area contributed by atoms with E-state index in [9.17, 15) is 9.90 Å². The number of nitrogens with zero attached hydrogens (tertiary/aromatic N) is 1. The van der Waals surface area contributed by atoms with Crippen LogP contribution in [0.25, 0.3) is 0 Å². The summed E-state index contributed by atoms with van der Waals surface area (Å²) in [6.07, 6.45) is 1.57. The van der Waals surface area contributed by atoms with Crippen molar-refractivity contribution in [2.45, 2.75) is 19.8 Å². The number of carboxylic acids is 1. The van der Waals surface area contributed by atoms with Crippen molar-refractivity contribution in [3.63, 3.8) is 0 Å². The van der Waals surface area contributed by atoms with Gasteiger partial charge in [-0.15, -0.1) is 0 Å². The number of aromatic nitrogens is 1. The Morgan fingerprint density at radius 2 is 2.08 bits per heavy atom. The van der Waals surface area contributed by atoms with Crippen molar-refractivity contribution >= 4 is 5.97 Å². The van der Waals surface area contributed by atoms with Gasteiger partial charge in [0, 0.05) is 6.20 Å². The van der Waals surface area contributed by atoms with E-state index in [1.54, 1.807) is 12.3 Å². The zero-order valence-corrected chi connectivity index (χ0v) is 10.1. The summed E-state index contributed by atoms with van der Waals surface area (Å²) in [7, 11) is 0. The molecule has 0 aliphatic heterocycles. The molecule has 64 valence electrons. The van der Waals surface area contributed by atoms with E-state index in [2.05, 4.69) is 4.98 Å². The average Bonchev–Trinajstić information content (AvgIpc) is 2.04. The van der Waals surface area contributed by atoms with Gasteiger partial charge < -0.3 is 9.90 Å². The first-order valence-electron chi connectivity index (χ1n) is 3.78. The predicted octanol–water partition coefficient (Wildman–Crippen LogP) is -2.43. The topological polar surface area (TPSA) is 53.0 Å². The van der Waals surface area contributed by atoms with Gasteiger partial charge in [-0.3, -0.25) is 4.98 Å². The molecule has 0 saturated carbocycles. The molecule has 0 spiro atoms. The van der Waals surface area contributed by atoms with E-state index in [1.807, 2.05) is 13.8 Å². The van der Waals surface area contributed by atoms with Crippen LogP contribution in [-0.2, 0) is 0 Å². The third kappa shape index (κ3) is 3.46. The first kappa shape index (κ1) is 12.6. The monoisotopic (exact) mass is 187 g/mol. The van der Waals surface area contributed by atoms with Gasteiger partial charge in [0.2, 0.25) is 0 Å². The Hall–Kier alpha value is -0.380. The Morgan fingerprint density at radius 3 is 2.38 bits per heavy atom. The number of carboxylic acid groups (broad SMARTS) is 1. The molecule has 0 unspecified atom stereocenters. The van der Waals surface area contributed by atoms with Crippen molar-refractivity contribution in [1.82, 2.24) is 4.98 Å². The maximum Gasteiger partial charge on any atom is 1.00 e. The van der Waals surface area contributed by atoms with Gasteiger partial charge in [0.1, 0.15) is 0 Å². The van der Waals surface area contributed by atoms with Gasteiger partial charge in [0.05, 0.1) is 11.7 Å². The molecule has 3 nitrogen and oxygen atoms in total. The van der Waals surface area contributed by atoms with Gasteiger partial charge in [-0.2, -0.15) is 0 Å². The summed E-state index contributed by atoms with van der Waals surface area (Å²) in [6.45, 7) is 4.05. The SMILES string of the molecule is CC(C)c1ccc(C(=O)[O-])nc1.[Na+]. The number of rotatable bonds is 2. The number of carbonyl (C=O) groups is 1. The molecule has 0 N–H and O–H groups in total. The van der Waals surface area contributed by atoms with Gasteiger partial charge in [-0.1, -0.05) is 19.9 Å². The minimum absolute atomic E-state index is 0. The van der Waals surface area contributed by atoms with Crippen LogP contribution in [0.4, 0.5) is 0 Å². The largest absolute Gasteiger partial charge is 1.00 e. The van der Waals surface area contributed by atoms with Crippen LogP contribution >= 0.6 is 0 Å². The second-order valence-corrected chi connectivity index (χ2v) is 2.92. The first-order valence-corrected chi connectivity index (χ1v) is 3.78. The summed E-state index contributed by atoms with van der Waals surface area (Å²) in [6, 6.07) is 3.22. The first-order chi connectivity index (χ1) is 5.61. The van der Waals surface area contributed by atoms with Crippen LogP contribution in [0.3, 0.4) is 0 Å². The molecule has 1 heterocycles. The quantitative estimate of drug-likeness (QED) is 0.484. The molecule has 0 aliphatic carbocycles.